The molecule has 0 radical (unpaired) electrons. The average molecular weight is 340 g/mol. The summed E-state index contributed by atoms with van der Waals surface area (Å²) in [6.07, 6.45) is 4.70. The summed E-state index contributed by atoms with van der Waals surface area (Å²) in [4.78, 5) is 4.19. The van der Waals surface area contributed by atoms with Gasteiger partial charge in [0.1, 0.15) is 0 Å². The first kappa shape index (κ1) is 16.6. The molecule has 118 valence electrons. The van der Waals surface area contributed by atoms with Crippen molar-refractivity contribution in [2.45, 2.75) is 19.5 Å². The molecule has 2 rings (SSSR count). The van der Waals surface area contributed by atoms with Crippen LogP contribution in [-0.2, 0) is 13.1 Å². The molecular formula is C15H19Cl2N5. The fourth-order valence-electron chi connectivity index (χ4n) is 1.95. The van der Waals surface area contributed by atoms with Gasteiger partial charge in [0, 0.05) is 49.1 Å². The summed E-state index contributed by atoms with van der Waals surface area (Å²) in [6.45, 7) is 2.28. The Kier molecular flexibility index (Phi) is 6.55. The molecule has 0 atom stereocenters. The number of hydrogen-bond donors (Lipinski definition) is 2. The van der Waals surface area contributed by atoms with Gasteiger partial charge in [0.2, 0.25) is 0 Å². The van der Waals surface area contributed by atoms with Gasteiger partial charge in [-0.1, -0.05) is 29.3 Å². The lowest BCUT2D eigenvalue weighted by Gasteiger charge is -2.12. The predicted molar refractivity (Wildman–Crippen MR) is 91.5 cm³/mol. The highest BCUT2D eigenvalue weighted by Gasteiger charge is 2.03. The smallest absolute Gasteiger partial charge is 0.191 e. The van der Waals surface area contributed by atoms with Gasteiger partial charge in [0.05, 0.1) is 0 Å². The van der Waals surface area contributed by atoms with Crippen molar-refractivity contribution in [3.05, 3.63) is 52.3 Å². The van der Waals surface area contributed by atoms with Crippen LogP contribution in [-0.4, -0.2) is 29.3 Å². The molecule has 0 aliphatic heterocycles. The third kappa shape index (κ3) is 5.24. The Labute approximate surface area is 140 Å². The molecule has 1 aromatic carbocycles. The molecule has 0 spiro atoms. The molecule has 5 nitrogen and oxygen atoms in total. The first-order valence-electron chi connectivity index (χ1n) is 7.05. The number of hydrogen-bond acceptors (Lipinski definition) is 2. The van der Waals surface area contributed by atoms with Gasteiger partial charge in [0.25, 0.3) is 0 Å². The number of nitrogens with one attached hydrogen (secondary N) is 2. The molecule has 1 heterocycles. The third-order valence-electron chi connectivity index (χ3n) is 3.10. The van der Waals surface area contributed by atoms with Crippen LogP contribution in [0, 0.1) is 0 Å². The van der Waals surface area contributed by atoms with Gasteiger partial charge in [-0.05, 0) is 30.2 Å². The average Bonchev–Trinajstić information content (AvgIpc) is 3.01. The van der Waals surface area contributed by atoms with E-state index in [4.69, 9.17) is 23.2 Å². The first-order chi connectivity index (χ1) is 10.7. The minimum atomic E-state index is 0.592. The standard InChI is InChI=1S/C15H19Cl2N5/c1-18-15(19-6-2-8-22-9-3-7-21-22)20-11-12-4-5-13(16)10-14(12)17/h3-5,7,9-10H,2,6,8,11H2,1H3,(H2,18,19,20). The van der Waals surface area contributed by atoms with E-state index < -0.39 is 0 Å². The number of aromatic nitrogens is 2. The van der Waals surface area contributed by atoms with E-state index in [1.54, 1.807) is 19.3 Å². The van der Waals surface area contributed by atoms with Crippen molar-refractivity contribution in [2.24, 2.45) is 4.99 Å². The maximum absolute atomic E-state index is 6.15. The lowest BCUT2D eigenvalue weighted by atomic mass is 10.2. The van der Waals surface area contributed by atoms with Crippen molar-refractivity contribution in [2.75, 3.05) is 13.6 Å². The number of guanidine groups is 1. The van der Waals surface area contributed by atoms with E-state index in [0.717, 1.165) is 31.0 Å². The largest absolute Gasteiger partial charge is 0.356 e. The van der Waals surface area contributed by atoms with Crippen LogP contribution in [0.4, 0.5) is 0 Å². The molecule has 0 aliphatic rings. The van der Waals surface area contributed by atoms with Gasteiger partial charge in [0.15, 0.2) is 5.96 Å². The number of rotatable bonds is 6. The molecule has 22 heavy (non-hydrogen) atoms. The van der Waals surface area contributed by atoms with Gasteiger partial charge in [-0.3, -0.25) is 9.67 Å². The summed E-state index contributed by atoms with van der Waals surface area (Å²) in [6, 6.07) is 7.39. The fourth-order valence-corrected chi connectivity index (χ4v) is 2.42. The lowest BCUT2D eigenvalue weighted by Crippen LogP contribution is -2.37. The Balaban J connectivity index is 1.73. The summed E-state index contributed by atoms with van der Waals surface area (Å²) in [5.74, 6) is 0.742. The molecule has 0 unspecified atom stereocenters. The first-order valence-corrected chi connectivity index (χ1v) is 7.80. The zero-order valence-corrected chi connectivity index (χ0v) is 13.9. The molecule has 0 amide bonds. The van der Waals surface area contributed by atoms with E-state index in [2.05, 4.69) is 20.7 Å². The molecular weight excluding hydrogens is 321 g/mol. The molecule has 0 aliphatic carbocycles. The maximum atomic E-state index is 6.15. The highest BCUT2D eigenvalue weighted by atomic mass is 35.5. The van der Waals surface area contributed by atoms with Crippen LogP contribution >= 0.6 is 23.2 Å². The molecule has 1 aromatic heterocycles. The van der Waals surface area contributed by atoms with Crippen LogP contribution < -0.4 is 10.6 Å². The second-order valence-corrected chi connectivity index (χ2v) is 5.55. The van der Waals surface area contributed by atoms with Gasteiger partial charge in [-0.25, -0.2) is 0 Å². The van der Waals surface area contributed by atoms with Gasteiger partial charge < -0.3 is 10.6 Å². The Morgan fingerprint density at radius 1 is 1.32 bits per heavy atom. The monoisotopic (exact) mass is 339 g/mol. The Morgan fingerprint density at radius 2 is 2.18 bits per heavy atom. The molecule has 0 saturated carbocycles. The highest BCUT2D eigenvalue weighted by molar-refractivity contribution is 6.35. The number of nitrogens with zero attached hydrogens (tertiary/aromatic N) is 3. The molecule has 0 fully saturated rings. The van der Waals surface area contributed by atoms with Crippen LogP contribution in [0.1, 0.15) is 12.0 Å². The quantitative estimate of drug-likeness (QED) is 0.483. The van der Waals surface area contributed by atoms with E-state index in [0.29, 0.717) is 16.6 Å². The second-order valence-electron chi connectivity index (χ2n) is 4.71. The van der Waals surface area contributed by atoms with Crippen molar-refractivity contribution in [1.29, 1.82) is 0 Å². The summed E-state index contributed by atoms with van der Waals surface area (Å²) in [5, 5.41) is 11.9. The zero-order valence-electron chi connectivity index (χ0n) is 12.4. The van der Waals surface area contributed by atoms with E-state index in [9.17, 15) is 0 Å². The van der Waals surface area contributed by atoms with E-state index >= 15 is 0 Å². The van der Waals surface area contributed by atoms with Crippen molar-refractivity contribution >= 4 is 29.2 Å². The molecule has 2 aromatic rings. The second kappa shape index (κ2) is 8.66. The predicted octanol–water partition coefficient (Wildman–Crippen LogP) is 2.95. The summed E-state index contributed by atoms with van der Waals surface area (Å²) in [5.41, 5.74) is 0.977. The van der Waals surface area contributed by atoms with Crippen molar-refractivity contribution in [3.63, 3.8) is 0 Å². The number of aryl methyl sites for hydroxylation is 1. The topological polar surface area (TPSA) is 54.2 Å². The Hall–Kier alpha value is -1.72. The van der Waals surface area contributed by atoms with Crippen LogP contribution in [0.3, 0.4) is 0 Å². The van der Waals surface area contributed by atoms with Crippen LogP contribution in [0.5, 0.6) is 0 Å². The SMILES string of the molecule is CN=C(NCCCn1cccn1)NCc1ccc(Cl)cc1Cl. The van der Waals surface area contributed by atoms with Gasteiger partial charge in [-0.2, -0.15) is 5.10 Å². The van der Waals surface area contributed by atoms with Gasteiger partial charge >= 0.3 is 0 Å². The van der Waals surface area contributed by atoms with Crippen LogP contribution in [0.25, 0.3) is 0 Å². The van der Waals surface area contributed by atoms with E-state index in [1.165, 1.54) is 0 Å². The van der Waals surface area contributed by atoms with E-state index in [1.807, 2.05) is 29.1 Å². The van der Waals surface area contributed by atoms with Crippen LogP contribution in [0.2, 0.25) is 10.0 Å². The van der Waals surface area contributed by atoms with E-state index in [-0.39, 0.29) is 0 Å². The third-order valence-corrected chi connectivity index (χ3v) is 3.69. The Morgan fingerprint density at radius 3 is 2.86 bits per heavy atom. The molecule has 2 N–H and O–H groups in total. The molecule has 0 saturated heterocycles. The highest BCUT2D eigenvalue weighted by Crippen LogP contribution is 2.20. The summed E-state index contributed by atoms with van der Waals surface area (Å²) < 4.78 is 1.91. The van der Waals surface area contributed by atoms with Crippen molar-refractivity contribution in [1.82, 2.24) is 20.4 Å². The Bertz CT molecular complexity index is 610. The summed E-state index contributed by atoms with van der Waals surface area (Å²) >= 11 is 12.0. The number of benzene rings is 1. The maximum Gasteiger partial charge on any atom is 0.191 e. The fraction of sp³-hybridized carbons (Fsp3) is 0.333. The molecule has 0 bridgehead atoms. The normalized spacial score (nSPS) is 11.5. The molecule has 7 heteroatoms. The van der Waals surface area contributed by atoms with Crippen molar-refractivity contribution in [3.8, 4) is 0 Å². The lowest BCUT2D eigenvalue weighted by molar-refractivity contribution is 0.570. The van der Waals surface area contributed by atoms with Gasteiger partial charge in [-0.15, -0.1) is 0 Å². The zero-order chi connectivity index (χ0) is 15.8. The summed E-state index contributed by atoms with van der Waals surface area (Å²) in [7, 11) is 1.74. The minimum Gasteiger partial charge on any atom is -0.356 e. The van der Waals surface area contributed by atoms with Crippen molar-refractivity contribution < 1.29 is 0 Å². The van der Waals surface area contributed by atoms with Crippen LogP contribution in [0.15, 0.2) is 41.7 Å². The number of aliphatic imine (C=N–C) groups is 1. The number of halogens is 2. The minimum absolute atomic E-state index is 0.592.